The number of hydrogen-bond donors (Lipinski definition) is 1. The topological polar surface area (TPSA) is 31.9 Å². The van der Waals surface area contributed by atoms with Crippen molar-refractivity contribution in [3.8, 4) is 0 Å². The van der Waals surface area contributed by atoms with E-state index in [4.69, 9.17) is 0 Å². The van der Waals surface area contributed by atoms with Gasteiger partial charge in [-0.25, -0.2) is 4.98 Å². The second-order valence-electron chi connectivity index (χ2n) is 5.11. The standard InChI is InChI=1S/C13H21N3S2/c1-2-11(13-14-3-4-15-13)8-16(5-1)12-9-17-6-7-18-10-12/h3-4,11-12H,1-2,5-10H2,(H,14,15)/t11-/m1/s1. The molecule has 2 saturated heterocycles. The maximum atomic E-state index is 4.45. The van der Waals surface area contributed by atoms with Crippen molar-refractivity contribution in [1.82, 2.24) is 14.9 Å². The van der Waals surface area contributed by atoms with Gasteiger partial charge in [0.2, 0.25) is 0 Å². The minimum atomic E-state index is 0.618. The van der Waals surface area contributed by atoms with Gasteiger partial charge in [0.1, 0.15) is 5.82 Å². The summed E-state index contributed by atoms with van der Waals surface area (Å²) < 4.78 is 0. The summed E-state index contributed by atoms with van der Waals surface area (Å²) in [5.74, 6) is 7.10. The Kier molecular flexibility index (Phi) is 4.54. The first kappa shape index (κ1) is 12.9. The molecule has 5 heteroatoms. The second kappa shape index (κ2) is 6.35. The minimum Gasteiger partial charge on any atom is -0.348 e. The van der Waals surface area contributed by atoms with Crippen LogP contribution in [0.2, 0.25) is 0 Å². The van der Waals surface area contributed by atoms with E-state index in [2.05, 4.69) is 38.4 Å². The molecule has 0 unspecified atom stereocenters. The number of piperidine rings is 1. The van der Waals surface area contributed by atoms with E-state index in [0.717, 1.165) is 6.04 Å². The molecule has 0 radical (unpaired) electrons. The Bertz CT molecular complexity index is 347. The Labute approximate surface area is 118 Å². The monoisotopic (exact) mass is 283 g/mol. The molecule has 2 aliphatic rings. The third-order valence-electron chi connectivity index (χ3n) is 3.87. The Hall–Kier alpha value is -0.130. The molecule has 100 valence electrons. The zero-order valence-corrected chi connectivity index (χ0v) is 12.3. The van der Waals surface area contributed by atoms with Gasteiger partial charge in [0.15, 0.2) is 0 Å². The number of rotatable bonds is 2. The van der Waals surface area contributed by atoms with E-state index in [1.165, 1.54) is 54.8 Å². The van der Waals surface area contributed by atoms with Crippen molar-refractivity contribution >= 4 is 23.5 Å². The van der Waals surface area contributed by atoms with Crippen LogP contribution < -0.4 is 0 Å². The number of H-pyrrole nitrogens is 1. The number of aromatic nitrogens is 2. The SMILES string of the molecule is c1c[nH]c([C@@H]2CCCN(C3CSCCSC3)C2)n1. The summed E-state index contributed by atoms with van der Waals surface area (Å²) >= 11 is 4.26. The van der Waals surface area contributed by atoms with Crippen LogP contribution in [0.1, 0.15) is 24.6 Å². The maximum Gasteiger partial charge on any atom is 0.110 e. The largest absolute Gasteiger partial charge is 0.348 e. The summed E-state index contributed by atoms with van der Waals surface area (Å²) in [5.41, 5.74) is 0. The zero-order valence-electron chi connectivity index (χ0n) is 10.7. The summed E-state index contributed by atoms with van der Waals surface area (Å²) in [6, 6.07) is 0.778. The van der Waals surface area contributed by atoms with Crippen LogP contribution in [0.25, 0.3) is 0 Å². The van der Waals surface area contributed by atoms with E-state index in [9.17, 15) is 0 Å². The van der Waals surface area contributed by atoms with Crippen molar-refractivity contribution in [3.05, 3.63) is 18.2 Å². The second-order valence-corrected chi connectivity index (χ2v) is 7.41. The van der Waals surface area contributed by atoms with Gasteiger partial charge in [-0.2, -0.15) is 23.5 Å². The van der Waals surface area contributed by atoms with Crippen LogP contribution in [0.3, 0.4) is 0 Å². The fourth-order valence-electron chi connectivity index (χ4n) is 2.88. The van der Waals surface area contributed by atoms with Crippen molar-refractivity contribution in [3.63, 3.8) is 0 Å². The van der Waals surface area contributed by atoms with Crippen LogP contribution >= 0.6 is 23.5 Å². The van der Waals surface area contributed by atoms with Crippen LogP contribution in [0, 0.1) is 0 Å². The zero-order chi connectivity index (χ0) is 12.2. The minimum absolute atomic E-state index is 0.618. The Morgan fingerprint density at radius 2 is 2.11 bits per heavy atom. The molecule has 1 N–H and O–H groups in total. The molecule has 2 aliphatic heterocycles. The molecule has 3 nitrogen and oxygen atoms in total. The van der Waals surface area contributed by atoms with Crippen LogP contribution in [0.4, 0.5) is 0 Å². The van der Waals surface area contributed by atoms with Gasteiger partial charge in [-0.1, -0.05) is 0 Å². The molecule has 1 aromatic heterocycles. The lowest BCUT2D eigenvalue weighted by atomic mass is 9.96. The summed E-state index contributed by atoms with van der Waals surface area (Å²) in [6.07, 6.45) is 6.44. The number of likely N-dealkylation sites (tertiary alicyclic amines) is 1. The van der Waals surface area contributed by atoms with E-state index in [-0.39, 0.29) is 0 Å². The molecule has 3 heterocycles. The predicted octanol–water partition coefficient (Wildman–Crippen LogP) is 2.44. The van der Waals surface area contributed by atoms with E-state index in [0.29, 0.717) is 5.92 Å². The molecule has 1 aromatic rings. The lowest BCUT2D eigenvalue weighted by Crippen LogP contribution is -2.44. The molecular formula is C13H21N3S2. The maximum absolute atomic E-state index is 4.45. The van der Waals surface area contributed by atoms with Crippen molar-refractivity contribution < 1.29 is 0 Å². The first-order chi connectivity index (χ1) is 8.93. The van der Waals surface area contributed by atoms with Gasteiger partial charge in [-0.05, 0) is 19.4 Å². The summed E-state index contributed by atoms with van der Waals surface area (Å²) in [4.78, 5) is 10.5. The van der Waals surface area contributed by atoms with Crippen LogP contribution in [-0.2, 0) is 0 Å². The average Bonchev–Trinajstić information content (AvgIpc) is 2.82. The third kappa shape index (κ3) is 3.06. The summed E-state index contributed by atoms with van der Waals surface area (Å²) in [5, 5.41) is 0. The molecule has 0 spiro atoms. The average molecular weight is 283 g/mol. The van der Waals surface area contributed by atoms with Crippen LogP contribution in [0.15, 0.2) is 12.4 Å². The smallest absolute Gasteiger partial charge is 0.110 e. The normalized spacial score (nSPS) is 28.1. The molecule has 2 fully saturated rings. The van der Waals surface area contributed by atoms with E-state index >= 15 is 0 Å². The number of aromatic amines is 1. The predicted molar refractivity (Wildman–Crippen MR) is 80.6 cm³/mol. The van der Waals surface area contributed by atoms with Gasteiger partial charge < -0.3 is 4.98 Å². The fraction of sp³-hybridized carbons (Fsp3) is 0.769. The van der Waals surface area contributed by atoms with Gasteiger partial charge in [0, 0.05) is 53.9 Å². The molecular weight excluding hydrogens is 262 g/mol. The number of hydrogen-bond acceptors (Lipinski definition) is 4. The number of imidazole rings is 1. The first-order valence-corrected chi connectivity index (χ1v) is 9.13. The highest BCUT2D eigenvalue weighted by Crippen LogP contribution is 2.28. The lowest BCUT2D eigenvalue weighted by molar-refractivity contribution is 0.170. The van der Waals surface area contributed by atoms with Gasteiger partial charge >= 0.3 is 0 Å². The molecule has 1 atom stereocenters. The van der Waals surface area contributed by atoms with Gasteiger partial charge in [0.05, 0.1) is 0 Å². The Morgan fingerprint density at radius 3 is 2.83 bits per heavy atom. The van der Waals surface area contributed by atoms with Crippen molar-refractivity contribution in [1.29, 1.82) is 0 Å². The summed E-state index contributed by atoms with van der Waals surface area (Å²) in [7, 11) is 0. The highest BCUT2D eigenvalue weighted by Gasteiger charge is 2.28. The fourth-order valence-corrected chi connectivity index (χ4v) is 5.50. The van der Waals surface area contributed by atoms with E-state index in [1.807, 2.05) is 12.4 Å². The molecule has 0 saturated carbocycles. The highest BCUT2D eigenvalue weighted by molar-refractivity contribution is 8.03. The van der Waals surface area contributed by atoms with Crippen LogP contribution in [-0.4, -0.2) is 57.0 Å². The van der Waals surface area contributed by atoms with Crippen LogP contribution in [0.5, 0.6) is 0 Å². The van der Waals surface area contributed by atoms with Gasteiger partial charge in [0.25, 0.3) is 0 Å². The molecule has 18 heavy (non-hydrogen) atoms. The molecule has 3 rings (SSSR count). The van der Waals surface area contributed by atoms with Crippen molar-refractivity contribution in [2.24, 2.45) is 0 Å². The van der Waals surface area contributed by atoms with Crippen molar-refractivity contribution in [2.45, 2.75) is 24.8 Å². The third-order valence-corrected chi connectivity index (χ3v) is 6.35. The lowest BCUT2D eigenvalue weighted by Gasteiger charge is -2.37. The van der Waals surface area contributed by atoms with Gasteiger partial charge in [-0.3, -0.25) is 4.90 Å². The summed E-state index contributed by atoms with van der Waals surface area (Å²) in [6.45, 7) is 2.47. The van der Waals surface area contributed by atoms with E-state index in [1.54, 1.807) is 0 Å². The molecule has 0 aliphatic carbocycles. The van der Waals surface area contributed by atoms with Gasteiger partial charge in [-0.15, -0.1) is 0 Å². The Morgan fingerprint density at radius 1 is 1.28 bits per heavy atom. The van der Waals surface area contributed by atoms with E-state index < -0.39 is 0 Å². The molecule has 0 aromatic carbocycles. The number of thioether (sulfide) groups is 2. The quantitative estimate of drug-likeness (QED) is 0.903. The highest BCUT2D eigenvalue weighted by atomic mass is 32.2. The Balaban J connectivity index is 1.62. The molecule has 0 amide bonds. The molecule has 0 bridgehead atoms. The number of nitrogens with zero attached hydrogens (tertiary/aromatic N) is 2. The van der Waals surface area contributed by atoms with Crippen molar-refractivity contribution in [2.75, 3.05) is 36.1 Å². The number of nitrogens with one attached hydrogen (secondary N) is 1. The first-order valence-electron chi connectivity index (χ1n) is 6.82.